The van der Waals surface area contributed by atoms with Gasteiger partial charge in [0, 0.05) is 5.39 Å². The molecule has 4 nitrogen and oxygen atoms in total. The Kier molecular flexibility index (Phi) is 2.56. The molecule has 0 bridgehead atoms. The molecule has 0 radical (unpaired) electrons. The molecule has 3 aromatic rings. The zero-order chi connectivity index (χ0) is 13.4. The number of aromatic nitrogens is 1. The third kappa shape index (κ3) is 1.78. The van der Waals surface area contributed by atoms with Gasteiger partial charge >= 0.3 is 5.97 Å². The lowest BCUT2D eigenvalue weighted by Crippen LogP contribution is -1.98. The molecule has 0 unspecified atom stereocenters. The van der Waals surface area contributed by atoms with Gasteiger partial charge < -0.3 is 9.84 Å². The van der Waals surface area contributed by atoms with Gasteiger partial charge in [0.25, 0.3) is 0 Å². The number of rotatable bonds is 2. The minimum absolute atomic E-state index is 0.265. The molecule has 0 spiro atoms. The Balaban J connectivity index is 2.50. The number of nitrogens with zero attached hydrogens (tertiary/aromatic N) is 1. The molecule has 94 valence electrons. The molecule has 0 aliphatic carbocycles. The van der Waals surface area contributed by atoms with Crippen LogP contribution in [0.2, 0.25) is 0 Å². The van der Waals surface area contributed by atoms with Gasteiger partial charge in [0.15, 0.2) is 0 Å². The second kappa shape index (κ2) is 4.24. The predicted molar refractivity (Wildman–Crippen MR) is 72.8 cm³/mol. The smallest absolute Gasteiger partial charge is 0.336 e. The molecule has 0 fully saturated rings. The number of methoxy groups -OCH3 is 1. The van der Waals surface area contributed by atoms with Crippen molar-refractivity contribution in [2.75, 3.05) is 7.11 Å². The number of benzene rings is 2. The number of hydrogen-bond acceptors (Lipinski definition) is 3. The minimum atomic E-state index is -0.948. The number of carboxylic acids is 1. The zero-order valence-corrected chi connectivity index (χ0v) is 10.3. The number of hydrogen-bond donors (Lipinski definition) is 1. The lowest BCUT2D eigenvalue weighted by atomic mass is 10.00. The highest BCUT2D eigenvalue weighted by atomic mass is 16.5. The maximum Gasteiger partial charge on any atom is 0.336 e. The van der Waals surface area contributed by atoms with Crippen LogP contribution in [0.5, 0.6) is 5.75 Å². The Labute approximate surface area is 109 Å². The van der Waals surface area contributed by atoms with Gasteiger partial charge in [-0.15, -0.1) is 0 Å². The van der Waals surface area contributed by atoms with E-state index in [0.29, 0.717) is 16.7 Å². The summed E-state index contributed by atoms with van der Waals surface area (Å²) in [6.07, 6.45) is 1.59. The number of aromatic carboxylic acids is 1. The van der Waals surface area contributed by atoms with E-state index in [1.54, 1.807) is 25.4 Å². The van der Waals surface area contributed by atoms with Crippen molar-refractivity contribution < 1.29 is 14.6 Å². The van der Waals surface area contributed by atoms with Crippen LogP contribution in [0, 0.1) is 0 Å². The Hall–Kier alpha value is -2.62. The van der Waals surface area contributed by atoms with Crippen LogP contribution < -0.4 is 4.74 Å². The molecule has 0 saturated carbocycles. The zero-order valence-electron chi connectivity index (χ0n) is 10.3. The van der Waals surface area contributed by atoms with E-state index in [4.69, 9.17) is 4.74 Å². The fourth-order valence-corrected chi connectivity index (χ4v) is 2.24. The molecule has 19 heavy (non-hydrogen) atoms. The van der Waals surface area contributed by atoms with Crippen molar-refractivity contribution in [3.8, 4) is 5.75 Å². The molecule has 1 heterocycles. The molecule has 0 atom stereocenters. The second-order valence-corrected chi connectivity index (χ2v) is 4.22. The van der Waals surface area contributed by atoms with Gasteiger partial charge in [-0.2, -0.15) is 0 Å². The third-order valence-corrected chi connectivity index (χ3v) is 3.15. The third-order valence-electron chi connectivity index (χ3n) is 3.15. The highest BCUT2D eigenvalue weighted by Gasteiger charge is 2.12. The van der Waals surface area contributed by atoms with Crippen LogP contribution in [-0.4, -0.2) is 23.2 Å². The van der Waals surface area contributed by atoms with Gasteiger partial charge in [0.1, 0.15) is 5.75 Å². The maximum atomic E-state index is 11.3. The Morgan fingerprint density at radius 2 is 1.89 bits per heavy atom. The summed E-state index contributed by atoms with van der Waals surface area (Å²) >= 11 is 0. The van der Waals surface area contributed by atoms with Crippen molar-refractivity contribution >= 4 is 27.6 Å². The molecule has 1 aromatic heterocycles. The van der Waals surface area contributed by atoms with Gasteiger partial charge in [0.2, 0.25) is 0 Å². The second-order valence-electron chi connectivity index (χ2n) is 4.22. The van der Waals surface area contributed by atoms with E-state index in [2.05, 4.69) is 4.98 Å². The standard InChI is InChI=1S/C15H11NO3/c1-19-9-6-12-10-4-2-3-5-11(10)13(15(17)18)7-14(12)16-8-9/h2-8H,1H3,(H,17,18). The first-order valence-corrected chi connectivity index (χ1v) is 5.79. The Morgan fingerprint density at radius 1 is 1.16 bits per heavy atom. The van der Waals surface area contributed by atoms with E-state index in [0.717, 1.165) is 10.8 Å². The van der Waals surface area contributed by atoms with E-state index in [-0.39, 0.29) is 5.56 Å². The molecule has 0 aliphatic rings. The molecule has 2 aromatic carbocycles. The largest absolute Gasteiger partial charge is 0.495 e. The van der Waals surface area contributed by atoms with Gasteiger partial charge in [-0.05, 0) is 22.9 Å². The fourth-order valence-electron chi connectivity index (χ4n) is 2.24. The van der Waals surface area contributed by atoms with E-state index < -0.39 is 5.97 Å². The average molecular weight is 253 g/mol. The fraction of sp³-hybridized carbons (Fsp3) is 0.0667. The first-order chi connectivity index (χ1) is 9.20. The van der Waals surface area contributed by atoms with Crippen molar-refractivity contribution in [1.82, 2.24) is 4.98 Å². The van der Waals surface area contributed by atoms with Crippen LogP contribution in [0.15, 0.2) is 42.6 Å². The molecule has 3 rings (SSSR count). The number of pyridine rings is 1. The van der Waals surface area contributed by atoms with Crippen LogP contribution in [0.25, 0.3) is 21.7 Å². The lowest BCUT2D eigenvalue weighted by Gasteiger charge is -2.08. The molecular weight excluding hydrogens is 242 g/mol. The molecule has 0 aliphatic heterocycles. The number of carboxylic acid groups (broad SMARTS) is 1. The lowest BCUT2D eigenvalue weighted by molar-refractivity contribution is 0.0699. The first kappa shape index (κ1) is 11.5. The van der Waals surface area contributed by atoms with Crippen molar-refractivity contribution in [3.63, 3.8) is 0 Å². The normalized spacial score (nSPS) is 10.8. The van der Waals surface area contributed by atoms with Crippen LogP contribution in [0.3, 0.4) is 0 Å². The summed E-state index contributed by atoms with van der Waals surface area (Å²) < 4.78 is 5.17. The van der Waals surface area contributed by atoms with Crippen molar-refractivity contribution in [1.29, 1.82) is 0 Å². The summed E-state index contributed by atoms with van der Waals surface area (Å²) in [5.74, 6) is -0.295. The molecule has 1 N–H and O–H groups in total. The van der Waals surface area contributed by atoms with Crippen LogP contribution in [0.4, 0.5) is 0 Å². The maximum absolute atomic E-state index is 11.3. The topological polar surface area (TPSA) is 59.4 Å². The highest BCUT2D eigenvalue weighted by molar-refractivity contribution is 6.14. The van der Waals surface area contributed by atoms with Crippen LogP contribution >= 0.6 is 0 Å². The van der Waals surface area contributed by atoms with Crippen molar-refractivity contribution in [2.24, 2.45) is 0 Å². The Morgan fingerprint density at radius 3 is 2.58 bits per heavy atom. The quantitative estimate of drug-likeness (QED) is 0.713. The van der Waals surface area contributed by atoms with Crippen molar-refractivity contribution in [3.05, 3.63) is 48.2 Å². The molecular formula is C15H11NO3. The molecule has 4 heteroatoms. The van der Waals surface area contributed by atoms with E-state index in [1.807, 2.05) is 24.3 Å². The van der Waals surface area contributed by atoms with E-state index >= 15 is 0 Å². The predicted octanol–water partition coefficient (Wildman–Crippen LogP) is 3.09. The van der Waals surface area contributed by atoms with Crippen LogP contribution in [-0.2, 0) is 0 Å². The monoisotopic (exact) mass is 253 g/mol. The summed E-state index contributed by atoms with van der Waals surface area (Å²) in [5.41, 5.74) is 0.915. The number of ether oxygens (including phenoxy) is 1. The number of carbonyl (C=O) groups is 1. The van der Waals surface area contributed by atoms with Gasteiger partial charge in [-0.3, -0.25) is 4.98 Å². The average Bonchev–Trinajstić information content (AvgIpc) is 2.45. The minimum Gasteiger partial charge on any atom is -0.495 e. The van der Waals surface area contributed by atoms with Crippen LogP contribution in [0.1, 0.15) is 10.4 Å². The van der Waals surface area contributed by atoms with Gasteiger partial charge in [-0.25, -0.2) is 4.79 Å². The van der Waals surface area contributed by atoms with Gasteiger partial charge in [-0.1, -0.05) is 24.3 Å². The summed E-state index contributed by atoms with van der Waals surface area (Å²) in [7, 11) is 1.58. The summed E-state index contributed by atoms with van der Waals surface area (Å²) in [6, 6.07) is 10.9. The highest BCUT2D eigenvalue weighted by Crippen LogP contribution is 2.29. The Bertz CT molecular complexity index is 796. The molecule has 0 amide bonds. The van der Waals surface area contributed by atoms with E-state index in [1.165, 1.54) is 0 Å². The van der Waals surface area contributed by atoms with Crippen molar-refractivity contribution in [2.45, 2.75) is 0 Å². The summed E-state index contributed by atoms with van der Waals surface area (Å²) in [5, 5.41) is 11.8. The number of fused-ring (bicyclic) bond motifs is 3. The first-order valence-electron chi connectivity index (χ1n) is 5.79. The molecule has 0 saturated heterocycles. The SMILES string of the molecule is COc1cnc2cc(C(=O)O)c3ccccc3c2c1. The van der Waals surface area contributed by atoms with E-state index in [9.17, 15) is 9.90 Å². The summed E-state index contributed by atoms with van der Waals surface area (Å²) in [6.45, 7) is 0. The van der Waals surface area contributed by atoms with Gasteiger partial charge in [0.05, 0.1) is 24.4 Å². The summed E-state index contributed by atoms with van der Waals surface area (Å²) in [4.78, 5) is 15.6.